The zero-order valence-corrected chi connectivity index (χ0v) is 14.3. The van der Waals surface area contributed by atoms with Crippen LogP contribution >= 0.6 is 0 Å². The van der Waals surface area contributed by atoms with E-state index in [1.54, 1.807) is 0 Å². The van der Waals surface area contributed by atoms with E-state index in [1.807, 2.05) is 35.4 Å². The van der Waals surface area contributed by atoms with Gasteiger partial charge in [0.1, 0.15) is 0 Å². The van der Waals surface area contributed by atoms with Crippen molar-refractivity contribution < 1.29 is 4.79 Å². The highest BCUT2D eigenvalue weighted by Gasteiger charge is 2.40. The average Bonchev–Trinajstić information content (AvgIpc) is 2.84. The molecule has 2 aromatic carbocycles. The normalized spacial score (nSPS) is 21.0. The molecule has 0 aliphatic carbocycles. The Morgan fingerprint density at radius 3 is 2.29 bits per heavy atom. The molecule has 1 amide bonds. The molecule has 0 spiro atoms. The van der Waals surface area contributed by atoms with Gasteiger partial charge < -0.3 is 4.90 Å². The molecule has 2 aromatic rings. The van der Waals surface area contributed by atoms with Gasteiger partial charge in [-0.1, -0.05) is 81.1 Å². The summed E-state index contributed by atoms with van der Waals surface area (Å²) in [4.78, 5) is 14.3. The Kier molecular flexibility index (Phi) is 4.66. The lowest BCUT2D eigenvalue weighted by Crippen LogP contribution is -2.23. The van der Waals surface area contributed by atoms with Crippen LogP contribution in [0.5, 0.6) is 0 Å². The maximum atomic E-state index is 12.5. The van der Waals surface area contributed by atoms with Gasteiger partial charge in [-0.3, -0.25) is 4.79 Å². The zero-order chi connectivity index (χ0) is 17.1. The number of hydrogen-bond donors (Lipinski definition) is 0. The SMILES string of the molecule is C=C1C(=O)N(C=CCC)C(c2ccc(-c3ccccc3)cc2)[C@@H]1C. The third kappa shape index (κ3) is 2.92. The lowest BCUT2D eigenvalue weighted by molar-refractivity contribution is -0.123. The molecule has 0 aromatic heterocycles. The summed E-state index contributed by atoms with van der Waals surface area (Å²) in [7, 11) is 0. The number of rotatable bonds is 4. The van der Waals surface area contributed by atoms with Crippen molar-refractivity contribution in [2.75, 3.05) is 0 Å². The smallest absolute Gasteiger partial charge is 0.254 e. The van der Waals surface area contributed by atoms with E-state index in [0.717, 1.165) is 12.0 Å². The Labute approximate surface area is 144 Å². The second kappa shape index (κ2) is 6.88. The highest BCUT2D eigenvalue weighted by Crippen LogP contribution is 2.41. The van der Waals surface area contributed by atoms with E-state index in [9.17, 15) is 4.79 Å². The first-order chi connectivity index (χ1) is 11.6. The third-order valence-corrected chi connectivity index (χ3v) is 4.69. The van der Waals surface area contributed by atoms with Gasteiger partial charge in [0.15, 0.2) is 0 Å². The Morgan fingerprint density at radius 1 is 1.04 bits per heavy atom. The lowest BCUT2D eigenvalue weighted by Gasteiger charge is -2.24. The molecular formula is C22H23NO. The second-order valence-electron chi connectivity index (χ2n) is 6.25. The fraction of sp³-hybridized carbons (Fsp3) is 0.227. The molecule has 2 heteroatoms. The number of nitrogens with zero attached hydrogens (tertiary/aromatic N) is 1. The van der Waals surface area contributed by atoms with Crippen molar-refractivity contribution in [2.24, 2.45) is 5.92 Å². The third-order valence-electron chi connectivity index (χ3n) is 4.69. The van der Waals surface area contributed by atoms with Crippen LogP contribution in [0.15, 0.2) is 79.0 Å². The highest BCUT2D eigenvalue weighted by molar-refractivity contribution is 5.97. The van der Waals surface area contributed by atoms with Crippen LogP contribution in [0.4, 0.5) is 0 Å². The molecule has 0 bridgehead atoms. The molecule has 1 unspecified atom stereocenters. The predicted molar refractivity (Wildman–Crippen MR) is 99.2 cm³/mol. The number of likely N-dealkylation sites (tertiary alicyclic amines) is 1. The molecule has 3 rings (SSSR count). The molecule has 1 fully saturated rings. The van der Waals surface area contributed by atoms with Gasteiger partial charge in [-0.25, -0.2) is 0 Å². The predicted octanol–water partition coefficient (Wildman–Crippen LogP) is 5.35. The summed E-state index contributed by atoms with van der Waals surface area (Å²) >= 11 is 0. The summed E-state index contributed by atoms with van der Waals surface area (Å²) in [5.41, 5.74) is 4.22. The summed E-state index contributed by atoms with van der Waals surface area (Å²) in [5.74, 6) is 0.144. The second-order valence-corrected chi connectivity index (χ2v) is 6.25. The monoisotopic (exact) mass is 317 g/mol. The topological polar surface area (TPSA) is 20.3 Å². The van der Waals surface area contributed by atoms with E-state index in [1.165, 1.54) is 11.1 Å². The van der Waals surface area contributed by atoms with Crippen LogP contribution < -0.4 is 0 Å². The number of allylic oxidation sites excluding steroid dienone is 1. The Morgan fingerprint density at radius 2 is 1.67 bits per heavy atom. The fourth-order valence-corrected chi connectivity index (χ4v) is 3.25. The van der Waals surface area contributed by atoms with Gasteiger partial charge in [-0.15, -0.1) is 0 Å². The first kappa shape index (κ1) is 16.3. The van der Waals surface area contributed by atoms with E-state index < -0.39 is 0 Å². The van der Waals surface area contributed by atoms with E-state index in [0.29, 0.717) is 5.57 Å². The number of hydrogen-bond acceptors (Lipinski definition) is 1. The van der Waals surface area contributed by atoms with Crippen LogP contribution in [0.25, 0.3) is 11.1 Å². The molecular weight excluding hydrogens is 294 g/mol. The van der Waals surface area contributed by atoms with E-state index in [-0.39, 0.29) is 17.9 Å². The van der Waals surface area contributed by atoms with Gasteiger partial charge >= 0.3 is 0 Å². The largest absolute Gasteiger partial charge is 0.308 e. The average molecular weight is 317 g/mol. The first-order valence-corrected chi connectivity index (χ1v) is 8.47. The molecule has 24 heavy (non-hydrogen) atoms. The molecule has 0 saturated carbocycles. The van der Waals surface area contributed by atoms with Gasteiger partial charge in [0, 0.05) is 17.7 Å². The van der Waals surface area contributed by atoms with Gasteiger partial charge in [-0.05, 0) is 23.1 Å². The Bertz CT molecular complexity index is 758. The van der Waals surface area contributed by atoms with E-state index in [2.05, 4.69) is 56.8 Å². The maximum absolute atomic E-state index is 12.5. The minimum atomic E-state index is 0.0256. The molecule has 0 N–H and O–H groups in total. The minimum absolute atomic E-state index is 0.0256. The van der Waals surface area contributed by atoms with Crippen molar-refractivity contribution in [3.8, 4) is 11.1 Å². The van der Waals surface area contributed by atoms with Crippen LogP contribution in [0.1, 0.15) is 31.9 Å². The molecule has 0 radical (unpaired) electrons. The van der Waals surface area contributed by atoms with Crippen LogP contribution in [-0.2, 0) is 4.79 Å². The summed E-state index contributed by atoms with van der Waals surface area (Å²) in [6, 6.07) is 18.9. The number of carbonyl (C=O) groups excluding carboxylic acids is 1. The van der Waals surface area contributed by atoms with Crippen molar-refractivity contribution >= 4 is 5.91 Å². The van der Waals surface area contributed by atoms with Crippen molar-refractivity contribution in [1.82, 2.24) is 4.90 Å². The van der Waals surface area contributed by atoms with Crippen molar-refractivity contribution in [3.05, 3.63) is 84.6 Å². The maximum Gasteiger partial charge on any atom is 0.254 e. The number of benzene rings is 2. The van der Waals surface area contributed by atoms with Crippen LogP contribution in [-0.4, -0.2) is 10.8 Å². The van der Waals surface area contributed by atoms with Crippen molar-refractivity contribution in [2.45, 2.75) is 26.3 Å². The van der Waals surface area contributed by atoms with Gasteiger partial charge in [0.25, 0.3) is 5.91 Å². The quantitative estimate of drug-likeness (QED) is 0.696. The Balaban J connectivity index is 1.93. The number of amides is 1. The highest BCUT2D eigenvalue weighted by atomic mass is 16.2. The van der Waals surface area contributed by atoms with Gasteiger partial charge in [0.05, 0.1) is 6.04 Å². The molecule has 1 aliphatic heterocycles. The summed E-state index contributed by atoms with van der Waals surface area (Å²) in [6.45, 7) is 8.14. The molecule has 1 aliphatic rings. The van der Waals surface area contributed by atoms with Crippen LogP contribution in [0.3, 0.4) is 0 Å². The van der Waals surface area contributed by atoms with Crippen LogP contribution in [0, 0.1) is 5.92 Å². The standard InChI is InChI=1S/C22H23NO/c1-4-5-15-23-21(16(2)17(3)22(23)24)20-13-11-19(12-14-20)18-9-7-6-8-10-18/h5-16,21H,3-4H2,1-2H3/t16-,21?/m1/s1. The summed E-state index contributed by atoms with van der Waals surface area (Å²) in [6.07, 6.45) is 4.84. The van der Waals surface area contributed by atoms with E-state index in [4.69, 9.17) is 0 Å². The van der Waals surface area contributed by atoms with Gasteiger partial charge in [0.2, 0.25) is 0 Å². The van der Waals surface area contributed by atoms with Crippen molar-refractivity contribution in [1.29, 1.82) is 0 Å². The summed E-state index contributed by atoms with van der Waals surface area (Å²) < 4.78 is 0. The minimum Gasteiger partial charge on any atom is -0.308 e. The molecule has 2 atom stereocenters. The molecule has 122 valence electrons. The molecule has 1 saturated heterocycles. The fourth-order valence-electron chi connectivity index (χ4n) is 3.25. The molecule has 2 nitrogen and oxygen atoms in total. The first-order valence-electron chi connectivity index (χ1n) is 8.47. The van der Waals surface area contributed by atoms with E-state index >= 15 is 0 Å². The lowest BCUT2D eigenvalue weighted by atomic mass is 9.92. The summed E-state index contributed by atoms with van der Waals surface area (Å²) in [5, 5.41) is 0. The van der Waals surface area contributed by atoms with Gasteiger partial charge in [-0.2, -0.15) is 0 Å². The van der Waals surface area contributed by atoms with Crippen molar-refractivity contribution in [3.63, 3.8) is 0 Å². The Hall–Kier alpha value is -2.61. The number of carbonyl (C=O) groups is 1. The molecule has 1 heterocycles. The van der Waals surface area contributed by atoms with Crippen LogP contribution in [0.2, 0.25) is 0 Å². The zero-order valence-electron chi connectivity index (χ0n) is 14.3.